The molecule has 0 spiro atoms. The molecular formula is C25H24NO+. The lowest BCUT2D eigenvalue weighted by molar-refractivity contribution is -0.593. The zero-order chi connectivity index (χ0) is 19.0. The third-order valence-electron chi connectivity index (χ3n) is 5.15. The molecule has 0 atom stereocenters. The minimum Gasteiger partial charge on any atom is -0.397 e. The van der Waals surface area contributed by atoms with Crippen LogP contribution in [-0.2, 0) is 0 Å². The Morgan fingerprint density at radius 3 is 1.89 bits per heavy atom. The first-order valence-electron chi connectivity index (χ1n) is 9.31. The largest absolute Gasteiger partial charge is 0.397 e. The molecule has 134 valence electrons. The molecule has 0 amide bonds. The number of nitrogens with zero attached hydrogens (tertiary/aromatic N) is 1. The van der Waals surface area contributed by atoms with Crippen LogP contribution in [0.15, 0.2) is 77.2 Å². The molecule has 0 N–H and O–H groups in total. The van der Waals surface area contributed by atoms with Crippen LogP contribution in [0.2, 0.25) is 0 Å². The van der Waals surface area contributed by atoms with E-state index < -0.39 is 0 Å². The van der Waals surface area contributed by atoms with Crippen molar-refractivity contribution in [2.24, 2.45) is 0 Å². The molecule has 0 saturated carbocycles. The van der Waals surface area contributed by atoms with E-state index in [0.29, 0.717) is 0 Å². The predicted molar refractivity (Wildman–Crippen MR) is 110 cm³/mol. The number of aryl methyl sites for hydroxylation is 3. The van der Waals surface area contributed by atoms with Gasteiger partial charge in [0.1, 0.15) is 0 Å². The monoisotopic (exact) mass is 354 g/mol. The molecule has 27 heavy (non-hydrogen) atoms. The topological polar surface area (TPSA) is 17.0 Å². The zero-order valence-electron chi connectivity index (χ0n) is 16.3. The number of hydrogen-bond donors (Lipinski definition) is 0. The lowest BCUT2D eigenvalue weighted by Crippen LogP contribution is -2.35. The highest BCUT2D eigenvalue weighted by Gasteiger charge is 2.32. The van der Waals surface area contributed by atoms with E-state index in [1.807, 2.05) is 18.2 Å². The van der Waals surface area contributed by atoms with Crippen LogP contribution in [0, 0.1) is 27.7 Å². The lowest BCUT2D eigenvalue weighted by Gasteiger charge is -2.06. The summed E-state index contributed by atoms with van der Waals surface area (Å²) >= 11 is 0. The highest BCUT2D eigenvalue weighted by molar-refractivity contribution is 5.66. The summed E-state index contributed by atoms with van der Waals surface area (Å²) in [5.41, 5.74) is 8.16. The van der Waals surface area contributed by atoms with Crippen molar-refractivity contribution < 1.29 is 8.98 Å². The minimum absolute atomic E-state index is 0.885. The van der Waals surface area contributed by atoms with Crippen LogP contribution in [0.5, 0.6) is 0 Å². The fourth-order valence-electron chi connectivity index (χ4n) is 3.75. The van der Waals surface area contributed by atoms with Gasteiger partial charge in [-0.1, -0.05) is 66.7 Å². The van der Waals surface area contributed by atoms with E-state index in [2.05, 4.69) is 86.9 Å². The summed E-state index contributed by atoms with van der Waals surface area (Å²) in [5, 5.41) is 0. The summed E-state index contributed by atoms with van der Waals surface area (Å²) in [5.74, 6) is 1.80. The van der Waals surface area contributed by atoms with Gasteiger partial charge in [-0.3, -0.25) is 0 Å². The maximum absolute atomic E-state index is 6.55. The molecule has 0 aliphatic carbocycles. The maximum atomic E-state index is 6.55. The molecule has 4 rings (SSSR count). The van der Waals surface area contributed by atoms with Crippen molar-refractivity contribution in [1.82, 2.24) is 0 Å². The molecule has 1 aromatic heterocycles. The highest BCUT2D eigenvalue weighted by atomic mass is 16.4. The van der Waals surface area contributed by atoms with Crippen molar-refractivity contribution >= 4 is 0 Å². The second kappa shape index (κ2) is 6.88. The van der Waals surface area contributed by atoms with Crippen LogP contribution in [0.1, 0.15) is 22.4 Å². The SMILES string of the molecule is Cc1ccccc1-[n+]1c(-c2c(C)cccc2C)oc(-c2ccccc2)c1C. The average Bonchev–Trinajstić information content (AvgIpc) is 3.00. The molecule has 0 aliphatic rings. The lowest BCUT2D eigenvalue weighted by atomic mass is 10.0. The number of aromatic nitrogens is 1. The average molecular weight is 354 g/mol. The first kappa shape index (κ1) is 17.3. The molecule has 2 nitrogen and oxygen atoms in total. The second-order valence-electron chi connectivity index (χ2n) is 7.08. The van der Waals surface area contributed by atoms with Crippen molar-refractivity contribution in [3.8, 4) is 28.5 Å². The smallest absolute Gasteiger partial charge is 0.387 e. The van der Waals surface area contributed by atoms with Gasteiger partial charge in [0, 0.05) is 24.1 Å². The van der Waals surface area contributed by atoms with Gasteiger partial charge in [0.05, 0.1) is 5.56 Å². The molecule has 0 radical (unpaired) electrons. The van der Waals surface area contributed by atoms with E-state index in [1.54, 1.807) is 0 Å². The fourth-order valence-corrected chi connectivity index (χ4v) is 3.75. The third-order valence-corrected chi connectivity index (χ3v) is 5.15. The van der Waals surface area contributed by atoms with Crippen LogP contribution >= 0.6 is 0 Å². The Hall–Kier alpha value is -3.13. The summed E-state index contributed by atoms with van der Waals surface area (Å²) in [7, 11) is 0. The number of hydrogen-bond acceptors (Lipinski definition) is 1. The Bertz CT molecular complexity index is 1090. The Morgan fingerprint density at radius 1 is 0.630 bits per heavy atom. The molecule has 1 heterocycles. The van der Waals surface area contributed by atoms with Crippen molar-refractivity contribution in [3.05, 3.63) is 95.2 Å². The summed E-state index contributed by atoms with van der Waals surface area (Å²) in [6.07, 6.45) is 0. The number of oxazole rings is 1. The third kappa shape index (κ3) is 2.97. The van der Waals surface area contributed by atoms with E-state index in [4.69, 9.17) is 4.42 Å². The second-order valence-corrected chi connectivity index (χ2v) is 7.08. The van der Waals surface area contributed by atoms with Crippen molar-refractivity contribution in [2.45, 2.75) is 27.7 Å². The standard InChI is InChI=1S/C25H24NO/c1-17-11-8-9-16-22(17)26-20(4)24(21-14-6-5-7-15-21)27-25(26)23-18(2)12-10-13-19(23)3/h5-16H,1-4H3/q+1. The quantitative estimate of drug-likeness (QED) is 0.405. The molecule has 3 aromatic carbocycles. The van der Waals surface area contributed by atoms with E-state index in [-0.39, 0.29) is 0 Å². The van der Waals surface area contributed by atoms with Crippen LogP contribution in [0.4, 0.5) is 0 Å². The molecule has 0 unspecified atom stereocenters. The molecule has 0 aliphatic heterocycles. The minimum atomic E-state index is 0.885. The predicted octanol–water partition coefficient (Wildman–Crippen LogP) is 6.12. The molecule has 0 saturated heterocycles. The van der Waals surface area contributed by atoms with Gasteiger partial charge in [0.25, 0.3) is 0 Å². The molecule has 2 heteroatoms. The van der Waals surface area contributed by atoms with Gasteiger partial charge in [0.2, 0.25) is 17.1 Å². The highest BCUT2D eigenvalue weighted by Crippen LogP contribution is 2.33. The number of para-hydroxylation sites is 1. The van der Waals surface area contributed by atoms with Crippen LogP contribution < -0.4 is 4.57 Å². The van der Waals surface area contributed by atoms with E-state index in [1.165, 1.54) is 16.7 Å². The molecule has 0 fully saturated rings. The fraction of sp³-hybridized carbons (Fsp3) is 0.160. The van der Waals surface area contributed by atoms with Crippen molar-refractivity contribution in [2.75, 3.05) is 0 Å². The van der Waals surface area contributed by atoms with Crippen LogP contribution in [0.3, 0.4) is 0 Å². The first-order valence-corrected chi connectivity index (χ1v) is 9.31. The number of benzene rings is 3. The van der Waals surface area contributed by atoms with Crippen molar-refractivity contribution in [1.29, 1.82) is 0 Å². The molecule has 4 aromatic rings. The normalized spacial score (nSPS) is 11.0. The number of rotatable bonds is 3. The summed E-state index contributed by atoms with van der Waals surface area (Å²) in [6.45, 7) is 8.57. The molecular weight excluding hydrogens is 330 g/mol. The van der Waals surface area contributed by atoms with Crippen LogP contribution in [-0.4, -0.2) is 0 Å². The van der Waals surface area contributed by atoms with E-state index in [9.17, 15) is 0 Å². The summed E-state index contributed by atoms with van der Waals surface area (Å²) in [6, 6.07) is 25.2. The Balaban J connectivity index is 2.08. The van der Waals surface area contributed by atoms with Gasteiger partial charge in [-0.05, 0) is 31.9 Å². The van der Waals surface area contributed by atoms with Gasteiger partial charge in [-0.2, -0.15) is 0 Å². The summed E-state index contributed by atoms with van der Waals surface area (Å²) in [4.78, 5) is 0. The van der Waals surface area contributed by atoms with Crippen molar-refractivity contribution in [3.63, 3.8) is 0 Å². The van der Waals surface area contributed by atoms with E-state index >= 15 is 0 Å². The van der Waals surface area contributed by atoms with Gasteiger partial charge in [-0.15, -0.1) is 4.57 Å². The first-order chi connectivity index (χ1) is 13.1. The van der Waals surface area contributed by atoms with Gasteiger partial charge in [-0.25, -0.2) is 0 Å². The maximum Gasteiger partial charge on any atom is 0.387 e. The Morgan fingerprint density at radius 2 is 1.22 bits per heavy atom. The summed E-state index contributed by atoms with van der Waals surface area (Å²) < 4.78 is 8.81. The van der Waals surface area contributed by atoms with E-state index in [0.717, 1.165) is 34.2 Å². The molecule has 0 bridgehead atoms. The van der Waals surface area contributed by atoms with Crippen LogP contribution in [0.25, 0.3) is 28.5 Å². The van der Waals surface area contributed by atoms with Gasteiger partial charge >= 0.3 is 5.89 Å². The Kier molecular flexibility index (Phi) is 4.41. The van der Waals surface area contributed by atoms with Gasteiger partial charge in [0.15, 0.2) is 0 Å². The zero-order valence-corrected chi connectivity index (χ0v) is 16.3. The Labute approximate surface area is 160 Å². The van der Waals surface area contributed by atoms with Gasteiger partial charge < -0.3 is 4.42 Å².